The van der Waals surface area contributed by atoms with Crippen molar-refractivity contribution >= 4 is 20.0 Å². The minimum atomic E-state index is -2.86. The van der Waals surface area contributed by atoms with Crippen molar-refractivity contribution in [2.24, 2.45) is 5.73 Å². The summed E-state index contributed by atoms with van der Waals surface area (Å²) in [4.78, 5) is 36.1. The Morgan fingerprint density at radius 3 is 2.55 bits per heavy atom. The molecule has 1 aromatic carbocycles. The summed E-state index contributed by atoms with van der Waals surface area (Å²) in [6, 6.07) is 2.82. The lowest BCUT2D eigenvalue weighted by Gasteiger charge is -2.23. The van der Waals surface area contributed by atoms with Gasteiger partial charge in [-0.25, -0.2) is 4.79 Å². The van der Waals surface area contributed by atoms with Crippen molar-refractivity contribution in [3.8, 4) is 29.1 Å². The summed E-state index contributed by atoms with van der Waals surface area (Å²) in [6.45, 7) is -0.173. The highest BCUT2D eigenvalue weighted by Gasteiger charge is 2.42. The number of hydrogen-bond acceptors (Lipinski definition) is 11. The summed E-state index contributed by atoms with van der Waals surface area (Å²) < 4.78 is 45.3. The molecule has 1 aliphatic heterocycles. The third-order valence-corrected chi connectivity index (χ3v) is 6.80. The van der Waals surface area contributed by atoms with Crippen LogP contribution in [0.3, 0.4) is 0 Å². The van der Waals surface area contributed by atoms with Crippen LogP contribution >= 0.6 is 20.0 Å². The molecule has 15 heteroatoms. The average molecular weight is 571 g/mol. The molecule has 0 radical (unpaired) electrons. The molecule has 1 fully saturated rings. The summed E-state index contributed by atoms with van der Waals surface area (Å²) in [5, 5.41) is 0. The minimum Gasteiger partial charge on any atom is -0.496 e. The van der Waals surface area contributed by atoms with Crippen molar-refractivity contribution in [1.29, 1.82) is 0 Å². The molecule has 4 N–H and O–H groups in total. The summed E-state index contributed by atoms with van der Waals surface area (Å²) in [7, 11) is 1.77. The fraction of sp³-hybridized carbons (Fsp3) is 0.478. The van der Waals surface area contributed by atoms with E-state index in [0.29, 0.717) is 23.0 Å². The third-order valence-electron chi connectivity index (χ3n) is 5.63. The second-order valence-corrected chi connectivity index (χ2v) is 9.46. The van der Waals surface area contributed by atoms with Crippen molar-refractivity contribution in [3.63, 3.8) is 0 Å². The number of aromatic amines is 1. The largest absolute Gasteiger partial charge is 0.694 e. The molecule has 13 nitrogen and oxygen atoms in total. The third kappa shape index (κ3) is 7.36. The first kappa shape index (κ1) is 29.7. The maximum atomic E-state index is 12.6. The number of H-pyrrole nitrogens is 1. The van der Waals surface area contributed by atoms with Gasteiger partial charge >= 0.3 is 13.9 Å². The van der Waals surface area contributed by atoms with Gasteiger partial charge in [0, 0.05) is 34.2 Å². The van der Waals surface area contributed by atoms with Crippen molar-refractivity contribution in [1.82, 2.24) is 9.55 Å². The predicted octanol–water partition coefficient (Wildman–Crippen LogP) is 0.755. The molecule has 38 heavy (non-hydrogen) atoms. The number of benzene rings is 1. The number of hydrogen-bond donors (Lipinski definition) is 3. The van der Waals surface area contributed by atoms with Gasteiger partial charge < -0.3 is 29.4 Å². The first-order valence-electron chi connectivity index (χ1n) is 11.3. The Kier molecular flexibility index (Phi) is 11.2. The SMILES string of the molecule is COc1cc(OC)c(CSCO[C@H]2[C@H](n3cc(C#CCN)c(=O)[nH]c3=O)CO[C@@H]2CO[P+](=O)O)c(OC)c1. The van der Waals surface area contributed by atoms with Gasteiger partial charge in [0.1, 0.15) is 41.6 Å². The van der Waals surface area contributed by atoms with E-state index in [2.05, 4.69) is 16.8 Å². The molecule has 3 rings (SSSR count). The van der Waals surface area contributed by atoms with Gasteiger partial charge in [0.15, 0.2) is 0 Å². The van der Waals surface area contributed by atoms with Crippen molar-refractivity contribution in [3.05, 3.63) is 50.3 Å². The van der Waals surface area contributed by atoms with Gasteiger partial charge in [-0.1, -0.05) is 11.8 Å². The Hall–Kier alpha value is -2.89. The van der Waals surface area contributed by atoms with Crippen LogP contribution in [0.2, 0.25) is 0 Å². The Bertz CT molecular complexity index is 1280. The quantitative estimate of drug-likeness (QED) is 0.142. The van der Waals surface area contributed by atoms with E-state index in [1.165, 1.54) is 22.5 Å². The average Bonchev–Trinajstić information content (AvgIpc) is 3.31. The summed E-state index contributed by atoms with van der Waals surface area (Å²) in [6.07, 6.45) is -0.185. The molecule has 2 heterocycles. The van der Waals surface area contributed by atoms with Gasteiger partial charge in [-0.3, -0.25) is 14.3 Å². The number of rotatable bonds is 12. The lowest BCUT2D eigenvalue weighted by Crippen LogP contribution is -2.40. The molecule has 1 aromatic heterocycles. The Morgan fingerprint density at radius 2 is 1.95 bits per heavy atom. The molecule has 2 aromatic rings. The Morgan fingerprint density at radius 1 is 1.24 bits per heavy atom. The Balaban J connectivity index is 1.80. The number of aromatic nitrogens is 2. The second-order valence-electron chi connectivity index (χ2n) is 7.80. The van der Waals surface area contributed by atoms with Crippen LogP contribution in [-0.4, -0.2) is 73.7 Å². The van der Waals surface area contributed by atoms with Gasteiger partial charge in [-0.05, 0) is 0 Å². The van der Waals surface area contributed by atoms with Gasteiger partial charge in [0.25, 0.3) is 5.56 Å². The Labute approximate surface area is 223 Å². The molecule has 0 amide bonds. The number of nitrogens with two attached hydrogens (primary N) is 1. The van der Waals surface area contributed by atoms with Crippen LogP contribution in [0, 0.1) is 11.8 Å². The van der Waals surface area contributed by atoms with Crippen molar-refractivity contribution in [2.45, 2.75) is 24.0 Å². The van der Waals surface area contributed by atoms with Gasteiger partial charge in [-0.15, -0.1) is 21.2 Å². The van der Waals surface area contributed by atoms with E-state index in [1.54, 1.807) is 33.5 Å². The van der Waals surface area contributed by atoms with E-state index in [0.717, 1.165) is 5.56 Å². The number of nitrogens with one attached hydrogen (secondary N) is 1. The lowest BCUT2D eigenvalue weighted by molar-refractivity contribution is -0.0188. The van der Waals surface area contributed by atoms with Crippen LogP contribution in [0.1, 0.15) is 17.2 Å². The first-order valence-corrected chi connectivity index (χ1v) is 13.5. The molecule has 1 aliphatic rings. The van der Waals surface area contributed by atoms with E-state index in [1.807, 2.05) is 0 Å². The van der Waals surface area contributed by atoms with Crippen LogP contribution in [0.4, 0.5) is 0 Å². The van der Waals surface area contributed by atoms with Crippen molar-refractivity contribution in [2.75, 3.05) is 47.0 Å². The molecule has 0 spiro atoms. The smallest absolute Gasteiger partial charge is 0.496 e. The van der Waals surface area contributed by atoms with E-state index in [4.69, 9.17) is 38.8 Å². The van der Waals surface area contributed by atoms with Crippen LogP contribution < -0.4 is 31.2 Å². The monoisotopic (exact) mass is 570 g/mol. The maximum absolute atomic E-state index is 12.6. The first-order chi connectivity index (χ1) is 18.3. The van der Waals surface area contributed by atoms with E-state index in [-0.39, 0.29) is 31.3 Å². The molecular weight excluding hydrogens is 541 g/mol. The summed E-state index contributed by atoms with van der Waals surface area (Å²) >= 11 is 1.40. The van der Waals surface area contributed by atoms with Crippen molar-refractivity contribution < 1.29 is 37.7 Å². The molecule has 0 bridgehead atoms. The second kappa shape index (κ2) is 14.3. The fourth-order valence-electron chi connectivity index (χ4n) is 3.85. The zero-order chi connectivity index (χ0) is 27.7. The fourth-order valence-corrected chi connectivity index (χ4v) is 4.95. The molecular formula is C23H29N3O10PS+. The van der Waals surface area contributed by atoms with E-state index < -0.39 is 37.8 Å². The van der Waals surface area contributed by atoms with Crippen LogP contribution in [0.15, 0.2) is 27.9 Å². The number of nitrogens with zero attached hydrogens (tertiary/aromatic N) is 1. The van der Waals surface area contributed by atoms with E-state index >= 15 is 0 Å². The standard InChI is InChI=1S/C23H28N3O10PS/c1-31-15-7-18(32-2)16(19(8-15)33-3)12-38-13-35-21-17(10-34-20(21)11-36-37(29)30)26-9-14(5-4-6-24)22(27)25-23(26)28/h7-9,17,20-21H,6,10-13,24H2,1-3H3,(H-,25,27,28,29,30)/p+1/t17-,20-,21+/m1/s1. The molecule has 1 unspecified atom stereocenters. The van der Waals surface area contributed by atoms with Crippen LogP contribution in [-0.2, 0) is 24.3 Å². The van der Waals surface area contributed by atoms with E-state index in [9.17, 15) is 14.2 Å². The number of ether oxygens (including phenoxy) is 5. The molecule has 0 saturated carbocycles. The number of thioether (sulfide) groups is 1. The van der Waals surface area contributed by atoms with Crippen LogP contribution in [0.25, 0.3) is 0 Å². The lowest BCUT2D eigenvalue weighted by atomic mass is 10.1. The zero-order valence-electron chi connectivity index (χ0n) is 21.0. The van der Waals surface area contributed by atoms with Gasteiger partial charge in [-0.2, -0.15) is 0 Å². The predicted molar refractivity (Wildman–Crippen MR) is 139 cm³/mol. The summed E-state index contributed by atoms with van der Waals surface area (Å²) in [5.41, 5.74) is 4.93. The highest BCUT2D eigenvalue weighted by atomic mass is 32.2. The molecule has 1 saturated heterocycles. The normalized spacial score (nSPS) is 19.0. The minimum absolute atomic E-state index is 0.0292. The maximum Gasteiger partial charge on any atom is 0.694 e. The molecule has 0 aliphatic carbocycles. The number of methoxy groups -OCH3 is 3. The molecule has 206 valence electrons. The topological polar surface area (TPSA) is 174 Å². The molecule has 4 atom stereocenters. The summed E-state index contributed by atoms with van der Waals surface area (Å²) in [5.74, 6) is 7.58. The zero-order valence-corrected chi connectivity index (χ0v) is 22.7. The van der Waals surface area contributed by atoms with Gasteiger partial charge in [0.2, 0.25) is 0 Å². The van der Waals surface area contributed by atoms with Gasteiger partial charge in [0.05, 0.1) is 46.5 Å². The highest BCUT2D eigenvalue weighted by Crippen LogP contribution is 2.37. The van der Waals surface area contributed by atoms with Crippen LogP contribution in [0.5, 0.6) is 17.2 Å². The highest BCUT2D eigenvalue weighted by molar-refractivity contribution is 7.98.